The van der Waals surface area contributed by atoms with Crippen LogP contribution in [-0.4, -0.2) is 28.1 Å². The molecule has 27 heavy (non-hydrogen) atoms. The van der Waals surface area contributed by atoms with Crippen molar-refractivity contribution >= 4 is 11.7 Å². The Morgan fingerprint density at radius 1 is 1.19 bits per heavy atom. The Hall–Kier alpha value is -2.83. The van der Waals surface area contributed by atoms with Gasteiger partial charge in [-0.1, -0.05) is 29.8 Å². The Morgan fingerprint density at radius 2 is 1.96 bits per heavy atom. The van der Waals surface area contributed by atoms with Gasteiger partial charge < -0.3 is 10.2 Å². The molecule has 0 spiro atoms. The van der Waals surface area contributed by atoms with Crippen molar-refractivity contribution in [2.75, 3.05) is 18.0 Å². The second kappa shape index (κ2) is 7.82. The third-order valence-electron chi connectivity index (χ3n) is 5.17. The molecule has 1 amide bonds. The van der Waals surface area contributed by atoms with E-state index in [4.69, 9.17) is 0 Å². The molecule has 1 aromatic heterocycles. The second-order valence-corrected chi connectivity index (χ2v) is 7.23. The molecule has 3 rings (SSSR count). The predicted molar refractivity (Wildman–Crippen MR) is 105 cm³/mol. The van der Waals surface area contributed by atoms with E-state index in [9.17, 15) is 14.4 Å². The number of rotatable bonds is 4. The van der Waals surface area contributed by atoms with Gasteiger partial charge in [-0.2, -0.15) is 0 Å². The molecule has 0 radical (unpaired) electrons. The van der Waals surface area contributed by atoms with Gasteiger partial charge >= 0.3 is 5.69 Å². The third kappa shape index (κ3) is 4.13. The molecule has 1 aliphatic heterocycles. The number of nitrogens with zero attached hydrogens (tertiary/aromatic N) is 3. The second-order valence-electron chi connectivity index (χ2n) is 7.23. The van der Waals surface area contributed by atoms with Crippen molar-refractivity contribution in [2.45, 2.75) is 26.3 Å². The molecule has 1 aliphatic rings. The minimum atomic E-state index is -0.358. The number of carbonyl (C=O) groups is 1. The molecule has 2 aromatic rings. The fourth-order valence-electron chi connectivity index (χ4n) is 3.58. The number of nitrogens with one attached hydrogen (secondary N) is 1. The van der Waals surface area contributed by atoms with Gasteiger partial charge in [-0.05, 0) is 25.3 Å². The maximum absolute atomic E-state index is 12.6. The Morgan fingerprint density at radius 3 is 2.70 bits per heavy atom. The van der Waals surface area contributed by atoms with Crippen LogP contribution in [0, 0.1) is 12.8 Å². The number of aryl methyl sites for hydroxylation is 1. The maximum Gasteiger partial charge on any atom is 0.332 e. The molecule has 1 aromatic carbocycles. The van der Waals surface area contributed by atoms with Crippen LogP contribution in [0.1, 0.15) is 24.0 Å². The third-order valence-corrected chi connectivity index (χ3v) is 5.17. The van der Waals surface area contributed by atoms with Crippen molar-refractivity contribution in [2.24, 2.45) is 20.0 Å². The summed E-state index contributed by atoms with van der Waals surface area (Å²) in [6, 6.07) is 9.53. The van der Waals surface area contributed by atoms with Crippen LogP contribution in [0.3, 0.4) is 0 Å². The molecule has 2 heterocycles. The Kier molecular flexibility index (Phi) is 5.48. The van der Waals surface area contributed by atoms with E-state index in [1.165, 1.54) is 17.7 Å². The summed E-state index contributed by atoms with van der Waals surface area (Å²) in [4.78, 5) is 38.8. The van der Waals surface area contributed by atoms with Gasteiger partial charge in [0.2, 0.25) is 5.91 Å². The number of amides is 1. The molecule has 1 fully saturated rings. The fourth-order valence-corrected chi connectivity index (χ4v) is 3.58. The van der Waals surface area contributed by atoms with Crippen LogP contribution in [0.15, 0.2) is 39.9 Å². The number of piperidine rings is 1. The van der Waals surface area contributed by atoms with Gasteiger partial charge in [-0.25, -0.2) is 4.79 Å². The van der Waals surface area contributed by atoms with E-state index in [2.05, 4.69) is 11.4 Å². The first-order chi connectivity index (χ1) is 12.9. The summed E-state index contributed by atoms with van der Waals surface area (Å²) in [6.07, 6.45) is 1.64. The van der Waals surface area contributed by atoms with Crippen molar-refractivity contribution in [1.82, 2.24) is 14.5 Å². The van der Waals surface area contributed by atoms with Crippen LogP contribution in [0.5, 0.6) is 0 Å². The maximum atomic E-state index is 12.6. The lowest BCUT2D eigenvalue weighted by Crippen LogP contribution is -2.46. The van der Waals surface area contributed by atoms with Crippen molar-refractivity contribution in [3.8, 4) is 0 Å². The van der Waals surface area contributed by atoms with E-state index in [1.54, 1.807) is 7.05 Å². The standard InChI is InChI=1S/C20H26N4O3/c1-14-6-4-7-15(10-14)12-21-19(26)16-8-5-9-24(13-16)17-11-18(25)23(3)20(27)22(17)2/h4,6-7,10-11,16H,5,8-9,12-13H2,1-3H3,(H,21,26)/t16-/m1/s1. The smallest absolute Gasteiger partial charge is 0.332 e. The molecule has 7 heteroatoms. The van der Waals surface area contributed by atoms with Gasteiger partial charge in [-0.15, -0.1) is 0 Å². The summed E-state index contributed by atoms with van der Waals surface area (Å²) >= 11 is 0. The Bertz CT molecular complexity index is 960. The van der Waals surface area contributed by atoms with Crippen LogP contribution >= 0.6 is 0 Å². The highest BCUT2D eigenvalue weighted by Crippen LogP contribution is 2.21. The molecular formula is C20H26N4O3. The number of anilines is 1. The molecule has 1 N–H and O–H groups in total. The lowest BCUT2D eigenvalue weighted by atomic mass is 9.97. The lowest BCUT2D eigenvalue weighted by Gasteiger charge is -2.34. The van der Waals surface area contributed by atoms with Crippen molar-refractivity contribution in [3.05, 3.63) is 62.3 Å². The normalized spacial score (nSPS) is 17.0. The molecule has 1 saturated heterocycles. The summed E-state index contributed by atoms with van der Waals surface area (Å²) in [5.74, 6) is 0.414. The van der Waals surface area contributed by atoms with E-state index in [0.717, 1.165) is 35.1 Å². The molecule has 144 valence electrons. The monoisotopic (exact) mass is 370 g/mol. The summed E-state index contributed by atoms with van der Waals surface area (Å²) in [7, 11) is 3.12. The number of carbonyl (C=O) groups excluding carboxylic acids is 1. The van der Waals surface area contributed by atoms with Crippen LogP contribution in [0.2, 0.25) is 0 Å². The average Bonchev–Trinajstić information content (AvgIpc) is 2.67. The quantitative estimate of drug-likeness (QED) is 0.869. The summed E-state index contributed by atoms with van der Waals surface area (Å²) in [5.41, 5.74) is 1.55. The topological polar surface area (TPSA) is 76.3 Å². The molecule has 0 aliphatic carbocycles. The van der Waals surface area contributed by atoms with Crippen molar-refractivity contribution in [1.29, 1.82) is 0 Å². The van der Waals surface area contributed by atoms with Gasteiger partial charge in [0, 0.05) is 39.8 Å². The van der Waals surface area contributed by atoms with Crippen molar-refractivity contribution < 1.29 is 4.79 Å². The first-order valence-electron chi connectivity index (χ1n) is 9.22. The van der Waals surface area contributed by atoms with E-state index in [1.807, 2.05) is 30.0 Å². The fraction of sp³-hybridized carbons (Fsp3) is 0.450. The van der Waals surface area contributed by atoms with E-state index < -0.39 is 0 Å². The number of hydrogen-bond acceptors (Lipinski definition) is 4. The van der Waals surface area contributed by atoms with Crippen LogP contribution in [-0.2, 0) is 25.4 Å². The van der Waals surface area contributed by atoms with Gasteiger partial charge in [0.1, 0.15) is 5.82 Å². The van der Waals surface area contributed by atoms with Gasteiger partial charge in [-0.3, -0.25) is 18.7 Å². The highest BCUT2D eigenvalue weighted by atomic mass is 16.2. The zero-order valence-electron chi connectivity index (χ0n) is 16.1. The molecule has 0 saturated carbocycles. The molecule has 0 unspecified atom stereocenters. The zero-order valence-corrected chi connectivity index (χ0v) is 16.1. The summed E-state index contributed by atoms with van der Waals surface area (Å²) in [6.45, 7) is 3.75. The van der Waals surface area contributed by atoms with Crippen LogP contribution < -0.4 is 21.5 Å². The van der Waals surface area contributed by atoms with Crippen LogP contribution in [0.25, 0.3) is 0 Å². The van der Waals surface area contributed by atoms with Gasteiger partial charge in [0.25, 0.3) is 5.56 Å². The highest BCUT2D eigenvalue weighted by molar-refractivity contribution is 5.79. The van der Waals surface area contributed by atoms with E-state index in [0.29, 0.717) is 18.9 Å². The molecule has 1 atom stereocenters. The van der Waals surface area contributed by atoms with E-state index >= 15 is 0 Å². The molecule has 0 bridgehead atoms. The Labute approximate surface area is 158 Å². The highest BCUT2D eigenvalue weighted by Gasteiger charge is 2.27. The average molecular weight is 370 g/mol. The van der Waals surface area contributed by atoms with Gasteiger partial charge in [0.15, 0.2) is 0 Å². The largest absolute Gasteiger partial charge is 0.357 e. The van der Waals surface area contributed by atoms with Crippen LogP contribution in [0.4, 0.5) is 5.82 Å². The summed E-state index contributed by atoms with van der Waals surface area (Å²) < 4.78 is 2.55. The first kappa shape index (κ1) is 18.9. The lowest BCUT2D eigenvalue weighted by molar-refractivity contribution is -0.125. The molecule has 7 nitrogen and oxygen atoms in total. The van der Waals surface area contributed by atoms with E-state index in [-0.39, 0.29) is 23.1 Å². The number of aromatic nitrogens is 2. The minimum Gasteiger partial charge on any atom is -0.357 e. The SMILES string of the molecule is Cc1cccc(CNC(=O)[C@@H]2CCCN(c3cc(=O)n(C)c(=O)n3C)C2)c1. The first-order valence-corrected chi connectivity index (χ1v) is 9.22. The predicted octanol–water partition coefficient (Wildman–Crippen LogP) is 0.925. The zero-order chi connectivity index (χ0) is 19.6. The molecular weight excluding hydrogens is 344 g/mol. The number of benzene rings is 1. The summed E-state index contributed by atoms with van der Waals surface area (Å²) in [5, 5.41) is 3.01. The van der Waals surface area contributed by atoms with Crippen molar-refractivity contribution in [3.63, 3.8) is 0 Å². The minimum absolute atomic E-state index is 0.00930. The van der Waals surface area contributed by atoms with Gasteiger partial charge in [0.05, 0.1) is 5.92 Å². The Balaban J connectivity index is 1.70. The number of hydrogen-bond donors (Lipinski definition) is 1.